The second-order valence-corrected chi connectivity index (χ2v) is 3.23. The first kappa shape index (κ1) is 11.0. The molecular weight excluding hydrogens is 193 g/mol. The third-order valence-electron chi connectivity index (χ3n) is 2.25. The van der Waals surface area contributed by atoms with Crippen molar-refractivity contribution in [2.24, 2.45) is 0 Å². The number of hydrogen-bond acceptors (Lipinski definition) is 1. The Labute approximate surface area is 80.2 Å². The number of alkyl halides is 3. The van der Waals surface area contributed by atoms with E-state index in [1.54, 1.807) is 19.9 Å². The predicted molar refractivity (Wildman–Crippen MR) is 46.9 cm³/mol. The van der Waals surface area contributed by atoms with E-state index < -0.39 is 12.3 Å². The zero-order valence-electron chi connectivity index (χ0n) is 7.89. The lowest BCUT2D eigenvalue weighted by atomic mass is 9.99. The second-order valence-electron chi connectivity index (χ2n) is 3.23. The van der Waals surface area contributed by atoms with Gasteiger partial charge in [-0.15, -0.1) is 0 Å². The second kappa shape index (κ2) is 3.61. The van der Waals surface area contributed by atoms with Gasteiger partial charge in [0.15, 0.2) is 6.10 Å². The molecule has 0 saturated carbocycles. The molecule has 0 aliphatic rings. The van der Waals surface area contributed by atoms with Crippen molar-refractivity contribution in [3.05, 3.63) is 34.9 Å². The number of rotatable bonds is 1. The Hall–Kier alpha value is -1.03. The lowest BCUT2D eigenvalue weighted by Gasteiger charge is -2.17. The third-order valence-corrected chi connectivity index (χ3v) is 2.25. The largest absolute Gasteiger partial charge is 0.418 e. The Kier molecular flexibility index (Phi) is 2.85. The normalized spacial score (nSPS) is 14.1. The molecule has 1 rings (SSSR count). The van der Waals surface area contributed by atoms with Crippen molar-refractivity contribution in [3.63, 3.8) is 0 Å². The van der Waals surface area contributed by atoms with Crippen LogP contribution < -0.4 is 0 Å². The fourth-order valence-corrected chi connectivity index (χ4v) is 1.25. The van der Waals surface area contributed by atoms with Crippen molar-refractivity contribution in [1.82, 2.24) is 0 Å². The first-order valence-electron chi connectivity index (χ1n) is 4.15. The van der Waals surface area contributed by atoms with Crippen molar-refractivity contribution in [3.8, 4) is 0 Å². The molecule has 0 aromatic heterocycles. The highest BCUT2D eigenvalue weighted by Crippen LogP contribution is 2.34. The number of aliphatic hydroxyl groups is 1. The first-order chi connectivity index (χ1) is 6.34. The summed E-state index contributed by atoms with van der Waals surface area (Å²) in [5, 5.41) is 9.04. The molecule has 0 radical (unpaired) electrons. The number of halogens is 3. The zero-order chi connectivity index (χ0) is 10.9. The average Bonchev–Trinajstić information content (AvgIpc) is 2.07. The lowest BCUT2D eigenvalue weighted by molar-refractivity contribution is -0.206. The van der Waals surface area contributed by atoms with Crippen molar-refractivity contribution >= 4 is 0 Å². The molecule has 1 aromatic rings. The van der Waals surface area contributed by atoms with Crippen LogP contribution in [0.25, 0.3) is 0 Å². The molecule has 0 amide bonds. The molecule has 0 spiro atoms. The van der Waals surface area contributed by atoms with Crippen LogP contribution in [0.5, 0.6) is 0 Å². The smallest absolute Gasteiger partial charge is 0.379 e. The van der Waals surface area contributed by atoms with Gasteiger partial charge in [0.2, 0.25) is 0 Å². The van der Waals surface area contributed by atoms with Gasteiger partial charge in [-0.25, -0.2) is 0 Å². The third kappa shape index (κ3) is 2.07. The quantitative estimate of drug-likeness (QED) is 0.745. The van der Waals surface area contributed by atoms with Crippen LogP contribution in [0.2, 0.25) is 0 Å². The Morgan fingerprint density at radius 1 is 1.21 bits per heavy atom. The summed E-state index contributed by atoms with van der Waals surface area (Å²) in [5.41, 5.74) is 1.15. The van der Waals surface area contributed by atoms with Gasteiger partial charge in [-0.2, -0.15) is 13.2 Å². The van der Waals surface area contributed by atoms with Gasteiger partial charge in [0, 0.05) is 0 Å². The van der Waals surface area contributed by atoms with Crippen LogP contribution in [-0.2, 0) is 0 Å². The van der Waals surface area contributed by atoms with Crippen molar-refractivity contribution in [1.29, 1.82) is 0 Å². The van der Waals surface area contributed by atoms with E-state index in [1.807, 2.05) is 0 Å². The van der Waals surface area contributed by atoms with E-state index in [4.69, 9.17) is 5.11 Å². The Morgan fingerprint density at radius 2 is 1.79 bits per heavy atom. The molecule has 0 unspecified atom stereocenters. The van der Waals surface area contributed by atoms with Crippen LogP contribution >= 0.6 is 0 Å². The lowest BCUT2D eigenvalue weighted by Crippen LogP contribution is -2.21. The molecule has 0 saturated heterocycles. The van der Waals surface area contributed by atoms with Gasteiger partial charge in [-0.05, 0) is 30.5 Å². The van der Waals surface area contributed by atoms with Crippen LogP contribution in [0.3, 0.4) is 0 Å². The first-order valence-corrected chi connectivity index (χ1v) is 4.15. The summed E-state index contributed by atoms with van der Waals surface area (Å²) in [6, 6.07) is 4.51. The number of aryl methyl sites for hydroxylation is 1. The summed E-state index contributed by atoms with van der Waals surface area (Å²) in [7, 11) is 0. The number of hydrogen-bond donors (Lipinski definition) is 1. The standard InChI is InChI=1S/C10H11F3O/c1-6-4-3-5-8(7(6)2)9(14)10(11,12)13/h3-5,9,14H,1-2H3/t9-/m1/s1. The maximum absolute atomic E-state index is 12.2. The van der Waals surface area contributed by atoms with Crippen LogP contribution in [0.1, 0.15) is 22.8 Å². The molecule has 0 bridgehead atoms. The summed E-state index contributed by atoms with van der Waals surface area (Å²) >= 11 is 0. The van der Waals surface area contributed by atoms with E-state index in [9.17, 15) is 13.2 Å². The van der Waals surface area contributed by atoms with Crippen LogP contribution in [-0.4, -0.2) is 11.3 Å². The highest BCUT2D eigenvalue weighted by molar-refractivity contribution is 5.35. The van der Waals surface area contributed by atoms with Gasteiger partial charge in [0.05, 0.1) is 0 Å². The topological polar surface area (TPSA) is 20.2 Å². The number of aliphatic hydroxyl groups excluding tert-OH is 1. The summed E-state index contributed by atoms with van der Waals surface area (Å²) < 4.78 is 36.6. The molecule has 14 heavy (non-hydrogen) atoms. The molecule has 1 nitrogen and oxygen atoms in total. The van der Waals surface area contributed by atoms with Gasteiger partial charge < -0.3 is 5.11 Å². The van der Waals surface area contributed by atoms with Crippen LogP contribution in [0.15, 0.2) is 18.2 Å². The summed E-state index contributed by atoms with van der Waals surface area (Å²) in [5.74, 6) is 0. The maximum atomic E-state index is 12.2. The van der Waals surface area contributed by atoms with E-state index in [0.717, 1.165) is 5.56 Å². The minimum Gasteiger partial charge on any atom is -0.379 e. The van der Waals surface area contributed by atoms with Gasteiger partial charge in [-0.3, -0.25) is 0 Å². The van der Waals surface area contributed by atoms with E-state index >= 15 is 0 Å². The van der Waals surface area contributed by atoms with Gasteiger partial charge in [-0.1, -0.05) is 18.2 Å². The number of benzene rings is 1. The Morgan fingerprint density at radius 3 is 2.29 bits per heavy atom. The molecule has 0 heterocycles. The predicted octanol–water partition coefficient (Wildman–Crippen LogP) is 2.90. The maximum Gasteiger partial charge on any atom is 0.418 e. The minimum absolute atomic E-state index is 0.0718. The zero-order valence-corrected chi connectivity index (χ0v) is 7.89. The van der Waals surface area contributed by atoms with E-state index in [2.05, 4.69) is 0 Å². The fourth-order valence-electron chi connectivity index (χ4n) is 1.25. The van der Waals surface area contributed by atoms with E-state index in [0.29, 0.717) is 5.56 Å². The Bertz CT molecular complexity index is 331. The molecule has 1 N–H and O–H groups in total. The molecule has 0 fully saturated rings. The molecule has 0 aliphatic heterocycles. The van der Waals surface area contributed by atoms with Gasteiger partial charge in [0.1, 0.15) is 0 Å². The van der Waals surface area contributed by atoms with Crippen molar-refractivity contribution in [2.75, 3.05) is 0 Å². The van der Waals surface area contributed by atoms with Crippen molar-refractivity contribution < 1.29 is 18.3 Å². The highest BCUT2D eigenvalue weighted by atomic mass is 19.4. The molecule has 0 aliphatic carbocycles. The highest BCUT2D eigenvalue weighted by Gasteiger charge is 2.40. The van der Waals surface area contributed by atoms with Crippen LogP contribution in [0, 0.1) is 13.8 Å². The van der Waals surface area contributed by atoms with Gasteiger partial charge in [0.25, 0.3) is 0 Å². The van der Waals surface area contributed by atoms with Gasteiger partial charge >= 0.3 is 6.18 Å². The summed E-state index contributed by atoms with van der Waals surface area (Å²) in [6.45, 7) is 3.28. The average molecular weight is 204 g/mol. The minimum atomic E-state index is -4.60. The van der Waals surface area contributed by atoms with E-state index in [1.165, 1.54) is 12.1 Å². The van der Waals surface area contributed by atoms with Crippen molar-refractivity contribution in [2.45, 2.75) is 26.1 Å². The summed E-state index contributed by atoms with van der Waals surface area (Å²) in [6.07, 6.45) is -6.99. The molecular formula is C10H11F3O. The molecule has 78 valence electrons. The fraction of sp³-hybridized carbons (Fsp3) is 0.400. The summed E-state index contributed by atoms with van der Waals surface area (Å²) in [4.78, 5) is 0. The molecule has 1 aromatic carbocycles. The Balaban J connectivity index is 3.14. The van der Waals surface area contributed by atoms with E-state index in [-0.39, 0.29) is 5.56 Å². The van der Waals surface area contributed by atoms with Crippen LogP contribution in [0.4, 0.5) is 13.2 Å². The monoisotopic (exact) mass is 204 g/mol. The SMILES string of the molecule is Cc1cccc([C@@H](O)C(F)(F)F)c1C. The molecule has 4 heteroatoms. The molecule has 1 atom stereocenters.